The summed E-state index contributed by atoms with van der Waals surface area (Å²) in [7, 11) is 2.01. The fraction of sp³-hybridized carbons (Fsp3) is 0.818. The highest BCUT2D eigenvalue weighted by Gasteiger charge is 2.24. The maximum Gasteiger partial charge on any atom is 0.326 e. The van der Waals surface area contributed by atoms with Crippen molar-refractivity contribution < 1.29 is 14.7 Å². The lowest BCUT2D eigenvalue weighted by molar-refractivity contribution is -0.139. The van der Waals surface area contributed by atoms with Gasteiger partial charge in [-0.05, 0) is 13.5 Å². The van der Waals surface area contributed by atoms with Crippen LogP contribution in [0.25, 0.3) is 0 Å². The number of amides is 2. The van der Waals surface area contributed by atoms with Crippen molar-refractivity contribution in [3.05, 3.63) is 0 Å². The normalized spacial score (nSPS) is 18.8. The molecule has 0 aromatic rings. The van der Waals surface area contributed by atoms with E-state index in [1.54, 1.807) is 4.90 Å². The summed E-state index contributed by atoms with van der Waals surface area (Å²) in [4.78, 5) is 26.6. The van der Waals surface area contributed by atoms with Crippen LogP contribution in [0.2, 0.25) is 0 Å². The Morgan fingerprint density at radius 3 is 2.35 bits per heavy atom. The van der Waals surface area contributed by atoms with E-state index in [0.717, 1.165) is 19.5 Å². The van der Waals surface area contributed by atoms with Gasteiger partial charge in [0.2, 0.25) is 0 Å². The first-order chi connectivity index (χ1) is 8.04. The Balaban J connectivity index is 2.44. The maximum atomic E-state index is 11.8. The minimum absolute atomic E-state index is 0.265. The molecular weight excluding hydrogens is 222 g/mol. The Hall–Kier alpha value is -1.30. The van der Waals surface area contributed by atoms with Crippen LogP contribution in [0.3, 0.4) is 0 Å². The Labute approximate surface area is 102 Å². The number of carboxylic acids is 1. The van der Waals surface area contributed by atoms with Crippen molar-refractivity contribution in [1.82, 2.24) is 15.1 Å². The van der Waals surface area contributed by atoms with Crippen LogP contribution in [0.15, 0.2) is 0 Å². The summed E-state index contributed by atoms with van der Waals surface area (Å²) in [6.07, 6.45) is 1.20. The molecule has 0 radical (unpaired) electrons. The van der Waals surface area contributed by atoms with Gasteiger partial charge in [-0.3, -0.25) is 0 Å². The number of carboxylic acid groups (broad SMARTS) is 1. The topological polar surface area (TPSA) is 72.9 Å². The van der Waals surface area contributed by atoms with Gasteiger partial charge < -0.3 is 20.2 Å². The molecule has 0 bridgehead atoms. The molecular formula is C11H21N3O3. The zero-order valence-corrected chi connectivity index (χ0v) is 10.5. The third kappa shape index (κ3) is 4.22. The van der Waals surface area contributed by atoms with Crippen molar-refractivity contribution in [1.29, 1.82) is 0 Å². The number of urea groups is 1. The number of piperazine rings is 1. The third-order valence-corrected chi connectivity index (χ3v) is 2.96. The number of nitrogens with one attached hydrogen (secondary N) is 1. The smallest absolute Gasteiger partial charge is 0.326 e. The number of nitrogens with zero attached hydrogens (tertiary/aromatic N) is 2. The van der Waals surface area contributed by atoms with Gasteiger partial charge in [0.1, 0.15) is 6.04 Å². The fourth-order valence-electron chi connectivity index (χ4n) is 1.80. The molecule has 0 unspecified atom stereocenters. The average molecular weight is 243 g/mol. The van der Waals surface area contributed by atoms with Crippen molar-refractivity contribution in [3.63, 3.8) is 0 Å². The SMILES string of the molecule is CCC[C@@H](NC(=O)N1CCN(C)CC1)C(=O)O. The molecule has 6 nitrogen and oxygen atoms in total. The Kier molecular flexibility index (Phi) is 5.21. The number of likely N-dealkylation sites (N-methyl/N-ethyl adjacent to an activating group) is 1. The molecule has 1 atom stereocenters. The molecule has 0 aromatic heterocycles. The van der Waals surface area contributed by atoms with Crippen molar-refractivity contribution >= 4 is 12.0 Å². The van der Waals surface area contributed by atoms with Gasteiger partial charge in [-0.2, -0.15) is 0 Å². The van der Waals surface area contributed by atoms with Gasteiger partial charge in [-0.15, -0.1) is 0 Å². The van der Waals surface area contributed by atoms with E-state index in [4.69, 9.17) is 5.11 Å². The largest absolute Gasteiger partial charge is 0.480 e. The van der Waals surface area contributed by atoms with Crippen LogP contribution in [0.1, 0.15) is 19.8 Å². The molecule has 17 heavy (non-hydrogen) atoms. The van der Waals surface area contributed by atoms with Crippen molar-refractivity contribution in [3.8, 4) is 0 Å². The molecule has 0 spiro atoms. The van der Waals surface area contributed by atoms with E-state index in [1.807, 2.05) is 14.0 Å². The first-order valence-corrected chi connectivity index (χ1v) is 6.01. The highest BCUT2D eigenvalue weighted by atomic mass is 16.4. The molecule has 1 saturated heterocycles. The first-order valence-electron chi connectivity index (χ1n) is 6.01. The Bertz CT molecular complexity index is 275. The van der Waals surface area contributed by atoms with Crippen LogP contribution < -0.4 is 5.32 Å². The Morgan fingerprint density at radius 1 is 1.29 bits per heavy atom. The lowest BCUT2D eigenvalue weighted by Gasteiger charge is -2.33. The molecule has 1 fully saturated rings. The summed E-state index contributed by atoms with van der Waals surface area (Å²) in [5, 5.41) is 11.5. The van der Waals surface area contributed by atoms with Gasteiger partial charge in [0.05, 0.1) is 0 Å². The summed E-state index contributed by atoms with van der Waals surface area (Å²) >= 11 is 0. The van der Waals surface area contributed by atoms with E-state index in [1.165, 1.54) is 0 Å². The minimum atomic E-state index is -0.964. The van der Waals surface area contributed by atoms with Crippen LogP contribution >= 0.6 is 0 Å². The number of aliphatic carboxylic acids is 1. The zero-order valence-electron chi connectivity index (χ0n) is 10.5. The van der Waals surface area contributed by atoms with Crippen molar-refractivity contribution in [2.45, 2.75) is 25.8 Å². The maximum absolute atomic E-state index is 11.8. The summed E-state index contributed by atoms with van der Waals surface area (Å²) in [6, 6.07) is -1.04. The third-order valence-electron chi connectivity index (χ3n) is 2.96. The van der Waals surface area contributed by atoms with Crippen molar-refractivity contribution in [2.24, 2.45) is 0 Å². The van der Waals surface area contributed by atoms with Crippen LogP contribution in [0, 0.1) is 0 Å². The van der Waals surface area contributed by atoms with Crippen LogP contribution in [-0.2, 0) is 4.79 Å². The molecule has 2 amide bonds. The monoisotopic (exact) mass is 243 g/mol. The molecule has 6 heteroatoms. The Morgan fingerprint density at radius 2 is 1.88 bits per heavy atom. The molecule has 0 aromatic carbocycles. The molecule has 2 N–H and O–H groups in total. The number of hydrogen-bond donors (Lipinski definition) is 2. The molecule has 1 rings (SSSR count). The van der Waals surface area contributed by atoms with Gasteiger partial charge in [0.25, 0.3) is 0 Å². The van der Waals surface area contributed by atoms with E-state index in [9.17, 15) is 9.59 Å². The minimum Gasteiger partial charge on any atom is -0.480 e. The summed E-state index contributed by atoms with van der Waals surface area (Å²) in [6.45, 7) is 4.87. The van der Waals surface area contributed by atoms with E-state index in [-0.39, 0.29) is 6.03 Å². The second kappa shape index (κ2) is 6.44. The van der Waals surface area contributed by atoms with Gasteiger partial charge in [0.15, 0.2) is 0 Å². The first kappa shape index (κ1) is 13.8. The average Bonchev–Trinajstić information content (AvgIpc) is 2.29. The lowest BCUT2D eigenvalue weighted by Crippen LogP contribution is -2.53. The highest BCUT2D eigenvalue weighted by Crippen LogP contribution is 2.02. The van der Waals surface area contributed by atoms with E-state index < -0.39 is 12.0 Å². The molecule has 1 heterocycles. The zero-order chi connectivity index (χ0) is 12.8. The second-order valence-corrected chi connectivity index (χ2v) is 4.42. The quantitative estimate of drug-likeness (QED) is 0.739. The second-order valence-electron chi connectivity index (χ2n) is 4.42. The molecule has 1 aliphatic rings. The van der Waals surface area contributed by atoms with Gasteiger partial charge in [-0.1, -0.05) is 13.3 Å². The molecule has 0 aliphatic carbocycles. The van der Waals surface area contributed by atoms with Crippen LogP contribution in [-0.4, -0.2) is 66.2 Å². The van der Waals surface area contributed by atoms with E-state index in [0.29, 0.717) is 19.5 Å². The predicted octanol–water partition coefficient (Wildman–Crippen LogP) is 0.197. The molecule has 0 saturated carbocycles. The number of rotatable bonds is 4. The van der Waals surface area contributed by atoms with E-state index in [2.05, 4.69) is 10.2 Å². The number of carbonyl (C=O) groups is 2. The fourth-order valence-corrected chi connectivity index (χ4v) is 1.80. The van der Waals surface area contributed by atoms with Gasteiger partial charge in [0, 0.05) is 26.2 Å². The molecule has 1 aliphatic heterocycles. The van der Waals surface area contributed by atoms with Crippen LogP contribution in [0.4, 0.5) is 4.79 Å². The number of carbonyl (C=O) groups excluding carboxylic acids is 1. The van der Waals surface area contributed by atoms with E-state index >= 15 is 0 Å². The van der Waals surface area contributed by atoms with Crippen molar-refractivity contribution in [2.75, 3.05) is 33.2 Å². The number of hydrogen-bond acceptors (Lipinski definition) is 3. The molecule has 98 valence electrons. The predicted molar refractivity (Wildman–Crippen MR) is 63.9 cm³/mol. The van der Waals surface area contributed by atoms with Gasteiger partial charge in [-0.25, -0.2) is 9.59 Å². The standard InChI is InChI=1S/C11H21N3O3/c1-3-4-9(10(15)16)12-11(17)14-7-5-13(2)6-8-14/h9H,3-8H2,1-2H3,(H,12,17)(H,15,16)/t9-/m1/s1. The highest BCUT2D eigenvalue weighted by molar-refractivity contribution is 5.82. The lowest BCUT2D eigenvalue weighted by atomic mass is 10.2. The van der Waals surface area contributed by atoms with Crippen LogP contribution in [0.5, 0.6) is 0 Å². The summed E-state index contributed by atoms with van der Waals surface area (Å²) in [5.41, 5.74) is 0. The summed E-state index contributed by atoms with van der Waals surface area (Å²) < 4.78 is 0. The summed E-state index contributed by atoms with van der Waals surface area (Å²) in [5.74, 6) is -0.964. The van der Waals surface area contributed by atoms with Gasteiger partial charge >= 0.3 is 12.0 Å².